The molecule has 0 saturated carbocycles. The molecule has 0 radical (unpaired) electrons. The van der Waals surface area contributed by atoms with Gasteiger partial charge in [0.15, 0.2) is 0 Å². The summed E-state index contributed by atoms with van der Waals surface area (Å²) in [6.45, 7) is 9.31. The number of hydrogen-bond acceptors (Lipinski definition) is 5. The van der Waals surface area contributed by atoms with Crippen molar-refractivity contribution in [1.82, 2.24) is 9.80 Å². The second kappa shape index (κ2) is 10.5. The highest BCUT2D eigenvalue weighted by atomic mass is 16.5. The van der Waals surface area contributed by atoms with Gasteiger partial charge in [0.2, 0.25) is 0 Å². The Morgan fingerprint density at radius 1 is 1.03 bits per heavy atom. The van der Waals surface area contributed by atoms with E-state index in [1.54, 1.807) is 36.3 Å². The molecule has 0 spiro atoms. The Hall–Kier alpha value is -3.12. The number of methoxy groups -OCH3 is 1. The van der Waals surface area contributed by atoms with Crippen LogP contribution in [0.5, 0.6) is 5.75 Å². The van der Waals surface area contributed by atoms with E-state index in [9.17, 15) is 14.7 Å². The highest BCUT2D eigenvalue weighted by molar-refractivity contribution is 6.46. The number of ketones is 1. The predicted molar refractivity (Wildman–Crippen MR) is 126 cm³/mol. The molecule has 1 unspecified atom stereocenters. The number of nitrogens with zero attached hydrogens (tertiary/aromatic N) is 2. The van der Waals surface area contributed by atoms with Crippen LogP contribution in [0.25, 0.3) is 5.76 Å². The quantitative estimate of drug-likeness (QED) is 0.363. The van der Waals surface area contributed by atoms with Gasteiger partial charge in [-0.05, 0) is 50.7 Å². The molecule has 1 aliphatic rings. The molecule has 2 aromatic carbocycles. The van der Waals surface area contributed by atoms with Crippen LogP contribution in [0, 0.1) is 6.92 Å². The third-order valence-corrected chi connectivity index (χ3v) is 6.06. The SMILES string of the molecule is CCN(CC)CCCN1C(=O)C(=O)/C(=C(/O)c2ccc(C)cc2)C1c1ccc(OC)cc1. The van der Waals surface area contributed by atoms with E-state index in [1.165, 1.54) is 0 Å². The first-order valence-corrected chi connectivity index (χ1v) is 11.1. The lowest BCUT2D eigenvalue weighted by molar-refractivity contribution is -0.140. The Bertz CT molecular complexity index is 976. The van der Waals surface area contributed by atoms with E-state index in [0.29, 0.717) is 17.9 Å². The van der Waals surface area contributed by atoms with Crippen LogP contribution in [-0.2, 0) is 9.59 Å². The van der Waals surface area contributed by atoms with Gasteiger partial charge in [-0.2, -0.15) is 0 Å². The summed E-state index contributed by atoms with van der Waals surface area (Å²) in [6.07, 6.45) is 0.742. The number of aliphatic hydroxyl groups excluding tert-OH is 1. The molecule has 170 valence electrons. The van der Waals surface area contributed by atoms with E-state index < -0.39 is 17.7 Å². The summed E-state index contributed by atoms with van der Waals surface area (Å²) in [5, 5.41) is 11.1. The van der Waals surface area contributed by atoms with Crippen molar-refractivity contribution in [2.24, 2.45) is 0 Å². The van der Waals surface area contributed by atoms with Crippen LogP contribution < -0.4 is 4.74 Å². The Labute approximate surface area is 190 Å². The van der Waals surface area contributed by atoms with Gasteiger partial charge in [-0.25, -0.2) is 0 Å². The van der Waals surface area contributed by atoms with Gasteiger partial charge in [0.05, 0.1) is 18.7 Å². The van der Waals surface area contributed by atoms with E-state index in [1.807, 2.05) is 31.2 Å². The zero-order valence-corrected chi connectivity index (χ0v) is 19.3. The van der Waals surface area contributed by atoms with Crippen LogP contribution in [0.3, 0.4) is 0 Å². The molecule has 32 heavy (non-hydrogen) atoms. The van der Waals surface area contributed by atoms with Crippen LogP contribution in [-0.4, -0.2) is 59.9 Å². The number of aliphatic hydroxyl groups is 1. The Balaban J connectivity index is 2.01. The zero-order valence-electron chi connectivity index (χ0n) is 19.3. The summed E-state index contributed by atoms with van der Waals surface area (Å²) in [7, 11) is 1.59. The largest absolute Gasteiger partial charge is 0.507 e. The summed E-state index contributed by atoms with van der Waals surface area (Å²) < 4.78 is 5.26. The number of amides is 1. The van der Waals surface area contributed by atoms with E-state index in [4.69, 9.17) is 4.74 Å². The van der Waals surface area contributed by atoms with Gasteiger partial charge in [0, 0.05) is 12.1 Å². The van der Waals surface area contributed by atoms with Crippen LogP contribution in [0.1, 0.15) is 43.0 Å². The molecule has 2 aromatic rings. The van der Waals surface area contributed by atoms with Gasteiger partial charge in [-0.1, -0.05) is 55.8 Å². The summed E-state index contributed by atoms with van der Waals surface area (Å²) in [4.78, 5) is 30.0. The smallest absolute Gasteiger partial charge is 0.295 e. The molecule has 1 N–H and O–H groups in total. The Morgan fingerprint density at radius 3 is 2.22 bits per heavy atom. The molecule has 0 aromatic heterocycles. The number of benzene rings is 2. The second-order valence-corrected chi connectivity index (χ2v) is 8.01. The predicted octanol–water partition coefficient (Wildman–Crippen LogP) is 4.16. The maximum absolute atomic E-state index is 13.1. The first-order chi connectivity index (χ1) is 15.4. The van der Waals surface area contributed by atoms with E-state index in [2.05, 4.69) is 18.7 Å². The lowest BCUT2D eigenvalue weighted by Gasteiger charge is -2.27. The molecule has 0 aliphatic carbocycles. The Kier molecular flexibility index (Phi) is 7.70. The van der Waals surface area contributed by atoms with E-state index in [-0.39, 0.29) is 11.3 Å². The first-order valence-electron chi connectivity index (χ1n) is 11.1. The van der Waals surface area contributed by atoms with Gasteiger partial charge >= 0.3 is 0 Å². The molecule has 6 nitrogen and oxygen atoms in total. The average Bonchev–Trinajstić information content (AvgIpc) is 3.07. The number of rotatable bonds is 9. The maximum Gasteiger partial charge on any atom is 0.295 e. The fraction of sp³-hybridized carbons (Fsp3) is 0.385. The number of likely N-dealkylation sites (tertiary alicyclic amines) is 1. The molecular weight excluding hydrogens is 404 g/mol. The van der Waals surface area contributed by atoms with Crippen molar-refractivity contribution in [3.05, 3.63) is 70.8 Å². The Morgan fingerprint density at radius 2 is 1.66 bits per heavy atom. The summed E-state index contributed by atoms with van der Waals surface area (Å²) in [5.74, 6) is -0.674. The lowest BCUT2D eigenvalue weighted by Crippen LogP contribution is -2.33. The number of aryl methyl sites for hydroxylation is 1. The van der Waals surface area contributed by atoms with Gasteiger partial charge in [0.1, 0.15) is 11.5 Å². The number of hydrogen-bond donors (Lipinski definition) is 1. The standard InChI is InChI=1S/C26H32N2O4/c1-5-27(6-2)16-7-17-28-23(19-12-14-21(32-4)15-13-19)22(25(30)26(28)31)24(29)20-10-8-18(3)9-11-20/h8-15,23,29H,5-7,16-17H2,1-4H3/b24-22+. The molecule has 1 amide bonds. The second-order valence-electron chi connectivity index (χ2n) is 8.01. The number of carbonyl (C=O) groups excluding carboxylic acids is 2. The number of Topliss-reactive ketones (excluding diaryl/α,β-unsaturated/α-hetero) is 1. The summed E-state index contributed by atoms with van der Waals surface area (Å²) in [6, 6.07) is 13.9. The number of ether oxygens (including phenoxy) is 1. The lowest BCUT2D eigenvalue weighted by atomic mass is 9.95. The minimum absolute atomic E-state index is 0.131. The van der Waals surface area contributed by atoms with Crippen molar-refractivity contribution in [3.63, 3.8) is 0 Å². The minimum atomic E-state index is -0.647. The zero-order chi connectivity index (χ0) is 23.3. The highest BCUT2D eigenvalue weighted by Gasteiger charge is 2.45. The van der Waals surface area contributed by atoms with Gasteiger partial charge in [-0.3, -0.25) is 9.59 Å². The van der Waals surface area contributed by atoms with Crippen molar-refractivity contribution in [1.29, 1.82) is 0 Å². The number of carbonyl (C=O) groups is 2. The van der Waals surface area contributed by atoms with Crippen molar-refractivity contribution < 1.29 is 19.4 Å². The third-order valence-electron chi connectivity index (χ3n) is 6.06. The van der Waals surface area contributed by atoms with E-state index >= 15 is 0 Å². The first kappa shape index (κ1) is 23.5. The monoisotopic (exact) mass is 436 g/mol. The molecule has 6 heteroatoms. The maximum atomic E-state index is 13.1. The van der Waals surface area contributed by atoms with Crippen LogP contribution in [0.2, 0.25) is 0 Å². The van der Waals surface area contributed by atoms with Crippen molar-refractivity contribution >= 4 is 17.4 Å². The summed E-state index contributed by atoms with van der Waals surface area (Å²) in [5.41, 5.74) is 2.47. The molecular formula is C26H32N2O4. The van der Waals surface area contributed by atoms with E-state index in [0.717, 1.165) is 37.2 Å². The third kappa shape index (κ3) is 4.86. The highest BCUT2D eigenvalue weighted by Crippen LogP contribution is 2.39. The molecule has 1 fully saturated rings. The van der Waals surface area contributed by atoms with Gasteiger partial charge in [-0.15, -0.1) is 0 Å². The minimum Gasteiger partial charge on any atom is -0.507 e. The average molecular weight is 437 g/mol. The summed E-state index contributed by atoms with van der Waals surface area (Å²) >= 11 is 0. The molecule has 1 aliphatic heterocycles. The molecule has 3 rings (SSSR count). The normalized spacial score (nSPS) is 17.9. The van der Waals surface area contributed by atoms with Crippen LogP contribution in [0.15, 0.2) is 54.1 Å². The fourth-order valence-electron chi connectivity index (χ4n) is 4.11. The van der Waals surface area contributed by atoms with Crippen molar-refractivity contribution in [2.75, 3.05) is 33.3 Å². The van der Waals surface area contributed by atoms with Gasteiger partial charge < -0.3 is 19.6 Å². The molecule has 1 saturated heterocycles. The molecule has 0 bridgehead atoms. The van der Waals surface area contributed by atoms with Crippen molar-refractivity contribution in [2.45, 2.75) is 33.2 Å². The fourth-order valence-corrected chi connectivity index (χ4v) is 4.11. The molecule has 1 atom stereocenters. The van der Waals surface area contributed by atoms with Crippen LogP contribution >= 0.6 is 0 Å². The van der Waals surface area contributed by atoms with Gasteiger partial charge in [0.25, 0.3) is 11.7 Å². The van der Waals surface area contributed by atoms with Crippen LogP contribution in [0.4, 0.5) is 0 Å². The molecule has 1 heterocycles. The van der Waals surface area contributed by atoms with Crippen molar-refractivity contribution in [3.8, 4) is 5.75 Å². The topological polar surface area (TPSA) is 70.1 Å².